The molecule has 0 aliphatic carbocycles. The second-order valence-corrected chi connectivity index (χ2v) is 2.08. The summed E-state index contributed by atoms with van der Waals surface area (Å²) in [6.45, 7) is 2.11. The molecule has 1 aliphatic rings. The fourth-order valence-corrected chi connectivity index (χ4v) is 0.875. The smallest absolute Gasteiger partial charge is 0.376 e. The van der Waals surface area contributed by atoms with E-state index in [-0.39, 0.29) is 5.76 Å². The second kappa shape index (κ2) is 3.36. The van der Waals surface area contributed by atoms with Crippen LogP contribution in [0.5, 0.6) is 0 Å². The Morgan fingerprint density at radius 1 is 2.00 bits per heavy atom. The molecule has 1 N–H and O–H groups in total. The Labute approximate surface area is 62.9 Å². The summed E-state index contributed by atoms with van der Waals surface area (Å²) in [5.41, 5.74) is 0. The van der Waals surface area contributed by atoms with Crippen LogP contribution in [0.25, 0.3) is 0 Å². The van der Waals surface area contributed by atoms with Crippen molar-refractivity contribution in [3.05, 3.63) is 12.0 Å². The molecule has 0 radical (unpaired) electrons. The van der Waals surface area contributed by atoms with E-state index in [1.165, 1.54) is 6.20 Å². The van der Waals surface area contributed by atoms with Crippen molar-refractivity contribution >= 4 is 18.2 Å². The van der Waals surface area contributed by atoms with Gasteiger partial charge in [0.2, 0.25) is 5.76 Å². The second-order valence-electron chi connectivity index (χ2n) is 1.51. The average molecular weight is 161 g/mol. The van der Waals surface area contributed by atoms with E-state index in [0.717, 1.165) is 12.2 Å². The molecular formula is C5H7NO3S. The van der Waals surface area contributed by atoms with Crippen molar-refractivity contribution in [3.8, 4) is 0 Å². The number of esters is 1. The lowest BCUT2D eigenvalue weighted by atomic mass is 10.5. The van der Waals surface area contributed by atoms with E-state index in [0.29, 0.717) is 6.61 Å². The van der Waals surface area contributed by atoms with E-state index in [2.05, 4.69) is 9.46 Å². The summed E-state index contributed by atoms with van der Waals surface area (Å²) < 4.78 is 12.0. The van der Waals surface area contributed by atoms with Gasteiger partial charge in [-0.05, 0) is 6.92 Å². The summed E-state index contributed by atoms with van der Waals surface area (Å²) >= 11 is 0.993. The molecule has 0 aromatic heterocycles. The van der Waals surface area contributed by atoms with Gasteiger partial charge in [-0.2, -0.15) is 0 Å². The third-order valence-electron chi connectivity index (χ3n) is 0.846. The molecule has 1 aliphatic heterocycles. The first-order chi connectivity index (χ1) is 4.84. The van der Waals surface area contributed by atoms with Crippen molar-refractivity contribution in [2.45, 2.75) is 6.92 Å². The van der Waals surface area contributed by atoms with Crippen LogP contribution in [0.15, 0.2) is 12.0 Å². The number of hydrogen-bond donors (Lipinski definition) is 1. The Morgan fingerprint density at radius 3 is 3.30 bits per heavy atom. The molecule has 0 saturated carbocycles. The first-order valence-corrected chi connectivity index (χ1v) is 3.55. The lowest BCUT2D eigenvalue weighted by molar-refractivity contribution is -0.140. The normalized spacial score (nSPS) is 15.1. The lowest BCUT2D eigenvalue weighted by Crippen LogP contribution is -2.06. The number of carbonyl (C=O) groups excluding carboxylic acids is 1. The summed E-state index contributed by atoms with van der Waals surface area (Å²) in [4.78, 5) is 10.8. The van der Waals surface area contributed by atoms with Gasteiger partial charge in [0.25, 0.3) is 0 Å². The molecule has 0 aromatic rings. The van der Waals surface area contributed by atoms with Crippen molar-refractivity contribution in [2.75, 3.05) is 6.61 Å². The van der Waals surface area contributed by atoms with Gasteiger partial charge in [0.05, 0.1) is 12.8 Å². The van der Waals surface area contributed by atoms with Crippen molar-refractivity contribution in [1.82, 2.24) is 4.72 Å². The third-order valence-corrected chi connectivity index (χ3v) is 1.32. The van der Waals surface area contributed by atoms with Crippen LogP contribution in [0.1, 0.15) is 6.92 Å². The number of carbonyl (C=O) groups is 1. The molecule has 0 aromatic carbocycles. The van der Waals surface area contributed by atoms with E-state index < -0.39 is 5.97 Å². The van der Waals surface area contributed by atoms with Gasteiger partial charge < -0.3 is 8.92 Å². The summed E-state index contributed by atoms with van der Waals surface area (Å²) in [5.74, 6) is -0.216. The number of ether oxygens (including phenoxy) is 1. The molecule has 0 saturated heterocycles. The maximum absolute atomic E-state index is 10.8. The van der Waals surface area contributed by atoms with Crippen LogP contribution < -0.4 is 4.72 Å². The molecule has 56 valence electrons. The van der Waals surface area contributed by atoms with Crippen LogP contribution in [0.3, 0.4) is 0 Å². The van der Waals surface area contributed by atoms with Gasteiger partial charge in [-0.3, -0.25) is 4.72 Å². The van der Waals surface area contributed by atoms with Gasteiger partial charge in [0.1, 0.15) is 0 Å². The highest BCUT2D eigenvalue weighted by molar-refractivity contribution is 7.93. The molecule has 5 heteroatoms. The molecular weight excluding hydrogens is 154 g/mol. The van der Waals surface area contributed by atoms with Gasteiger partial charge in [-0.15, -0.1) is 0 Å². The Hall–Kier alpha value is -0.840. The number of nitrogens with one attached hydrogen (secondary N) is 1. The van der Waals surface area contributed by atoms with Crippen molar-refractivity contribution in [3.63, 3.8) is 0 Å². The van der Waals surface area contributed by atoms with Crippen LogP contribution in [-0.2, 0) is 13.7 Å². The summed E-state index contributed by atoms with van der Waals surface area (Å²) in [5, 5.41) is 0. The topological polar surface area (TPSA) is 47.6 Å². The zero-order chi connectivity index (χ0) is 7.40. The molecule has 0 spiro atoms. The predicted molar refractivity (Wildman–Crippen MR) is 36.5 cm³/mol. The number of rotatable bonds is 2. The Balaban J connectivity index is 2.40. The maximum Gasteiger partial charge on any atom is 0.376 e. The highest BCUT2D eigenvalue weighted by Crippen LogP contribution is 2.14. The standard InChI is InChI=1S/C5H7NO3S/c1-2-8-5(7)4-3-6-10-9-4/h3,6H,2H2,1H3. The molecule has 0 fully saturated rings. The molecule has 0 bridgehead atoms. The van der Waals surface area contributed by atoms with Gasteiger partial charge in [-0.1, -0.05) is 0 Å². The monoisotopic (exact) mass is 161 g/mol. The Morgan fingerprint density at radius 2 is 2.80 bits per heavy atom. The molecule has 0 atom stereocenters. The van der Waals surface area contributed by atoms with Crippen LogP contribution in [0, 0.1) is 0 Å². The highest BCUT2D eigenvalue weighted by atomic mass is 32.2. The zero-order valence-electron chi connectivity index (χ0n) is 5.42. The van der Waals surface area contributed by atoms with E-state index in [9.17, 15) is 4.79 Å². The molecule has 4 nitrogen and oxygen atoms in total. The largest absolute Gasteiger partial charge is 0.460 e. The van der Waals surface area contributed by atoms with Crippen LogP contribution in [0.4, 0.5) is 0 Å². The fourth-order valence-electron chi connectivity index (χ4n) is 0.466. The van der Waals surface area contributed by atoms with Gasteiger partial charge in [-0.25, -0.2) is 4.79 Å². The van der Waals surface area contributed by atoms with Crippen LogP contribution in [-0.4, -0.2) is 12.6 Å². The van der Waals surface area contributed by atoms with Gasteiger partial charge in [0.15, 0.2) is 12.2 Å². The fraction of sp³-hybridized carbons (Fsp3) is 0.400. The zero-order valence-corrected chi connectivity index (χ0v) is 6.23. The minimum absolute atomic E-state index is 0.215. The number of hydrogen-bond acceptors (Lipinski definition) is 5. The minimum Gasteiger partial charge on any atom is -0.460 e. The van der Waals surface area contributed by atoms with E-state index in [1.807, 2.05) is 0 Å². The maximum atomic E-state index is 10.8. The Bertz CT molecular complexity index is 168. The molecule has 1 heterocycles. The molecule has 10 heavy (non-hydrogen) atoms. The van der Waals surface area contributed by atoms with Crippen LogP contribution >= 0.6 is 12.2 Å². The first-order valence-electron chi connectivity index (χ1n) is 2.81. The van der Waals surface area contributed by atoms with Crippen molar-refractivity contribution in [1.29, 1.82) is 0 Å². The third kappa shape index (κ3) is 1.57. The van der Waals surface area contributed by atoms with Crippen molar-refractivity contribution in [2.24, 2.45) is 0 Å². The quantitative estimate of drug-likeness (QED) is 0.364. The predicted octanol–water partition coefficient (Wildman–Crippen LogP) is 0.574. The van der Waals surface area contributed by atoms with Gasteiger partial charge >= 0.3 is 5.97 Å². The molecule has 0 amide bonds. The summed E-state index contributed by atoms with van der Waals surface area (Å²) in [7, 11) is 0. The first kappa shape index (κ1) is 7.27. The van der Waals surface area contributed by atoms with E-state index >= 15 is 0 Å². The Kier molecular flexibility index (Phi) is 2.44. The lowest BCUT2D eigenvalue weighted by Gasteiger charge is -1.98. The molecule has 1 rings (SSSR count). The SMILES string of the molecule is CCOC(=O)C1=CNSO1. The summed E-state index contributed by atoms with van der Waals surface area (Å²) in [6.07, 6.45) is 1.46. The average Bonchev–Trinajstić information content (AvgIpc) is 2.38. The highest BCUT2D eigenvalue weighted by Gasteiger charge is 2.16. The van der Waals surface area contributed by atoms with Gasteiger partial charge in [0, 0.05) is 0 Å². The van der Waals surface area contributed by atoms with E-state index in [1.54, 1.807) is 6.92 Å². The summed E-state index contributed by atoms with van der Waals surface area (Å²) in [6, 6.07) is 0. The van der Waals surface area contributed by atoms with E-state index in [4.69, 9.17) is 4.18 Å². The van der Waals surface area contributed by atoms with Crippen LogP contribution in [0.2, 0.25) is 0 Å². The van der Waals surface area contributed by atoms with Crippen molar-refractivity contribution < 1.29 is 13.7 Å². The molecule has 0 unspecified atom stereocenters. The minimum atomic E-state index is -0.431.